The average Bonchev–Trinajstić information content (AvgIpc) is 2.85. The molecule has 0 aromatic heterocycles. The summed E-state index contributed by atoms with van der Waals surface area (Å²) in [5, 5.41) is 0.747. The number of anilines is 1. The van der Waals surface area contributed by atoms with Gasteiger partial charge in [-0.05, 0) is 42.3 Å². The smallest absolute Gasteiger partial charge is 0.177 e. The van der Waals surface area contributed by atoms with Gasteiger partial charge >= 0.3 is 0 Å². The monoisotopic (exact) mass is 309 g/mol. The first-order valence-electron chi connectivity index (χ1n) is 7.55. The summed E-state index contributed by atoms with van der Waals surface area (Å²) in [6.07, 6.45) is 4.66. The normalized spacial score (nSPS) is 26.5. The molecule has 3 heteroatoms. The first-order chi connectivity index (χ1) is 10.7. The summed E-state index contributed by atoms with van der Waals surface area (Å²) >= 11 is 6.00. The van der Waals surface area contributed by atoms with E-state index in [1.165, 1.54) is 5.56 Å². The second-order valence-corrected chi connectivity index (χ2v) is 6.34. The fraction of sp³-hybridized carbons (Fsp3) is 0.211. The third-order valence-corrected chi connectivity index (χ3v) is 4.94. The van der Waals surface area contributed by atoms with E-state index in [2.05, 4.69) is 35.2 Å². The highest BCUT2D eigenvalue weighted by Gasteiger charge is 2.45. The number of hydrogen-bond donors (Lipinski definition) is 0. The third kappa shape index (κ3) is 2.15. The maximum atomic E-state index is 12.3. The van der Waals surface area contributed by atoms with Crippen molar-refractivity contribution >= 4 is 23.1 Å². The molecule has 0 saturated carbocycles. The molecule has 2 aliphatic heterocycles. The van der Waals surface area contributed by atoms with E-state index < -0.39 is 0 Å². The Balaban J connectivity index is 1.74. The van der Waals surface area contributed by atoms with Crippen LogP contribution in [-0.4, -0.2) is 17.9 Å². The lowest BCUT2D eigenvalue weighted by Crippen LogP contribution is -2.43. The van der Waals surface area contributed by atoms with Gasteiger partial charge < -0.3 is 4.90 Å². The van der Waals surface area contributed by atoms with Crippen LogP contribution in [0.1, 0.15) is 17.9 Å². The standard InChI is InChI=1S/C19H16ClNO/c20-14-8-6-13(7-9-14)16-12-18-19(22)11-10-17(16)21(18)15-4-2-1-3-5-15/h1-11,16-18H,12H2. The summed E-state index contributed by atoms with van der Waals surface area (Å²) < 4.78 is 0. The van der Waals surface area contributed by atoms with Crippen LogP contribution in [0.2, 0.25) is 5.02 Å². The van der Waals surface area contributed by atoms with Crippen molar-refractivity contribution in [2.24, 2.45) is 0 Å². The summed E-state index contributed by atoms with van der Waals surface area (Å²) in [5.74, 6) is 0.529. The number of nitrogens with zero attached hydrogens (tertiary/aromatic N) is 1. The van der Waals surface area contributed by atoms with Crippen LogP contribution in [0.3, 0.4) is 0 Å². The fourth-order valence-corrected chi connectivity index (χ4v) is 3.80. The van der Waals surface area contributed by atoms with E-state index in [0.29, 0.717) is 5.92 Å². The number of hydrogen-bond acceptors (Lipinski definition) is 2. The lowest BCUT2D eigenvalue weighted by atomic mass is 9.91. The van der Waals surface area contributed by atoms with Crippen LogP contribution in [0.4, 0.5) is 5.69 Å². The fourth-order valence-electron chi connectivity index (χ4n) is 3.68. The van der Waals surface area contributed by atoms with Gasteiger partial charge in [0.2, 0.25) is 0 Å². The van der Waals surface area contributed by atoms with Gasteiger partial charge in [0.1, 0.15) is 0 Å². The number of ketones is 1. The van der Waals surface area contributed by atoms with Crippen molar-refractivity contribution in [2.75, 3.05) is 4.90 Å². The third-order valence-electron chi connectivity index (χ3n) is 4.69. The number of carbonyl (C=O) groups excluding carboxylic acids is 1. The van der Waals surface area contributed by atoms with Crippen molar-refractivity contribution in [2.45, 2.75) is 24.4 Å². The molecule has 0 spiro atoms. The summed E-state index contributed by atoms with van der Waals surface area (Å²) in [6.45, 7) is 0. The molecule has 110 valence electrons. The van der Waals surface area contributed by atoms with Crippen molar-refractivity contribution in [3.05, 3.63) is 77.3 Å². The van der Waals surface area contributed by atoms with Gasteiger partial charge in [0.05, 0.1) is 12.1 Å². The first kappa shape index (κ1) is 13.6. The Hall–Kier alpha value is -2.06. The predicted octanol–water partition coefficient (Wildman–Crippen LogP) is 4.21. The molecule has 2 bridgehead atoms. The van der Waals surface area contributed by atoms with Crippen molar-refractivity contribution in [1.82, 2.24) is 0 Å². The number of rotatable bonds is 2. The van der Waals surface area contributed by atoms with Crippen LogP contribution in [-0.2, 0) is 4.79 Å². The topological polar surface area (TPSA) is 20.3 Å². The quantitative estimate of drug-likeness (QED) is 0.828. The highest BCUT2D eigenvalue weighted by atomic mass is 35.5. The van der Waals surface area contributed by atoms with E-state index in [4.69, 9.17) is 11.6 Å². The summed E-state index contributed by atoms with van der Waals surface area (Å²) in [6, 6.07) is 18.4. The van der Waals surface area contributed by atoms with Gasteiger partial charge in [-0.2, -0.15) is 0 Å². The van der Waals surface area contributed by atoms with E-state index in [1.54, 1.807) is 6.08 Å². The van der Waals surface area contributed by atoms with Gasteiger partial charge in [0.15, 0.2) is 5.78 Å². The maximum absolute atomic E-state index is 12.3. The van der Waals surface area contributed by atoms with E-state index >= 15 is 0 Å². The molecular formula is C19H16ClNO. The molecule has 0 aliphatic carbocycles. The molecule has 0 amide bonds. The molecule has 2 aliphatic rings. The van der Waals surface area contributed by atoms with Crippen molar-refractivity contribution in [3.63, 3.8) is 0 Å². The summed E-state index contributed by atoms with van der Waals surface area (Å²) in [4.78, 5) is 14.6. The lowest BCUT2D eigenvalue weighted by Gasteiger charge is -2.33. The van der Waals surface area contributed by atoms with E-state index in [1.807, 2.05) is 30.3 Å². The predicted molar refractivity (Wildman–Crippen MR) is 89.5 cm³/mol. The number of benzene rings is 2. The molecule has 2 aromatic carbocycles. The zero-order valence-corrected chi connectivity index (χ0v) is 12.8. The second kappa shape index (κ2) is 5.29. The van der Waals surface area contributed by atoms with Crippen molar-refractivity contribution in [1.29, 1.82) is 0 Å². The van der Waals surface area contributed by atoms with Crippen LogP contribution in [0.25, 0.3) is 0 Å². The van der Waals surface area contributed by atoms with Crippen LogP contribution in [0.5, 0.6) is 0 Å². The molecule has 2 nitrogen and oxygen atoms in total. The van der Waals surface area contributed by atoms with E-state index in [9.17, 15) is 4.79 Å². The molecule has 0 N–H and O–H groups in total. The highest BCUT2D eigenvalue weighted by Crippen LogP contribution is 2.43. The number of carbonyl (C=O) groups is 1. The van der Waals surface area contributed by atoms with Gasteiger partial charge in [-0.15, -0.1) is 0 Å². The van der Waals surface area contributed by atoms with Gasteiger partial charge in [-0.25, -0.2) is 0 Å². The average molecular weight is 310 g/mol. The Kier molecular flexibility index (Phi) is 3.27. The molecule has 0 radical (unpaired) electrons. The largest absolute Gasteiger partial charge is 0.354 e. The molecular weight excluding hydrogens is 294 g/mol. The molecule has 1 saturated heterocycles. The number of fused-ring (bicyclic) bond motifs is 2. The van der Waals surface area contributed by atoms with Gasteiger partial charge in [0, 0.05) is 16.6 Å². The van der Waals surface area contributed by atoms with Gasteiger partial charge in [0.25, 0.3) is 0 Å². The Morgan fingerprint density at radius 1 is 1.00 bits per heavy atom. The molecule has 3 atom stereocenters. The number of halogens is 1. The zero-order valence-electron chi connectivity index (χ0n) is 12.0. The molecule has 2 aromatic rings. The Morgan fingerprint density at radius 2 is 1.73 bits per heavy atom. The van der Waals surface area contributed by atoms with Gasteiger partial charge in [-0.1, -0.05) is 48.0 Å². The SMILES string of the molecule is O=C1C=CC2C(c3ccc(Cl)cc3)CC1N2c1ccccc1. The molecule has 1 fully saturated rings. The maximum Gasteiger partial charge on any atom is 0.177 e. The zero-order chi connectivity index (χ0) is 15.1. The minimum Gasteiger partial charge on any atom is -0.354 e. The van der Waals surface area contributed by atoms with Crippen LogP contribution >= 0.6 is 11.6 Å². The van der Waals surface area contributed by atoms with Gasteiger partial charge in [-0.3, -0.25) is 4.79 Å². The summed E-state index contributed by atoms with van der Waals surface area (Å²) in [7, 11) is 0. The van der Waals surface area contributed by atoms with Crippen LogP contribution in [0.15, 0.2) is 66.7 Å². The highest BCUT2D eigenvalue weighted by molar-refractivity contribution is 6.30. The molecule has 4 rings (SSSR count). The van der Waals surface area contributed by atoms with E-state index in [-0.39, 0.29) is 17.9 Å². The Morgan fingerprint density at radius 3 is 2.45 bits per heavy atom. The van der Waals surface area contributed by atoms with Crippen molar-refractivity contribution in [3.8, 4) is 0 Å². The second-order valence-electron chi connectivity index (χ2n) is 5.90. The van der Waals surface area contributed by atoms with Crippen LogP contribution in [0, 0.1) is 0 Å². The van der Waals surface area contributed by atoms with Crippen LogP contribution < -0.4 is 4.90 Å². The van der Waals surface area contributed by atoms with E-state index in [0.717, 1.165) is 17.1 Å². The van der Waals surface area contributed by atoms with Crippen molar-refractivity contribution < 1.29 is 4.79 Å². The first-order valence-corrected chi connectivity index (χ1v) is 7.93. The minimum absolute atomic E-state index is 0.0573. The Bertz CT molecular complexity index is 723. The minimum atomic E-state index is -0.0573. The molecule has 2 heterocycles. The lowest BCUT2D eigenvalue weighted by molar-refractivity contribution is -0.115. The Labute approximate surface area is 135 Å². The molecule has 22 heavy (non-hydrogen) atoms. The summed E-state index contributed by atoms with van der Waals surface area (Å²) in [5.41, 5.74) is 2.36. The number of para-hydroxylation sites is 1. The molecule has 3 unspecified atom stereocenters.